The molecule has 0 fully saturated rings. The van der Waals surface area contributed by atoms with Crippen molar-refractivity contribution in [2.75, 3.05) is 19.4 Å². The Bertz CT molecular complexity index is 416. The Kier molecular flexibility index (Phi) is 18.2. The molecule has 26 heavy (non-hydrogen) atoms. The molecule has 0 saturated heterocycles. The number of rotatable bonds is 17. The molecule has 0 aliphatic rings. The fourth-order valence-corrected chi connectivity index (χ4v) is 3.50. The van der Waals surface area contributed by atoms with E-state index in [1.54, 1.807) is 6.92 Å². The van der Waals surface area contributed by atoms with Gasteiger partial charge in [-0.25, -0.2) is 0 Å². The third-order valence-electron chi connectivity index (χ3n) is 4.30. The minimum atomic E-state index is -0.694. The van der Waals surface area contributed by atoms with Crippen LogP contribution in [0.25, 0.3) is 0 Å². The first-order chi connectivity index (χ1) is 12.6. The van der Waals surface area contributed by atoms with E-state index in [0.717, 1.165) is 38.4 Å². The first-order valence-corrected chi connectivity index (χ1v) is 12.1. The fourth-order valence-electron chi connectivity index (χ4n) is 2.82. The van der Waals surface area contributed by atoms with Crippen molar-refractivity contribution in [2.24, 2.45) is 0 Å². The quantitative estimate of drug-likeness (QED) is 0.182. The maximum Gasteiger partial charge on any atom is 0.216 e. The average molecular weight is 382 g/mol. The van der Waals surface area contributed by atoms with Gasteiger partial charge in [-0.05, 0) is 51.4 Å². The van der Waals surface area contributed by atoms with Crippen LogP contribution in [0.3, 0.4) is 0 Å². The van der Waals surface area contributed by atoms with Crippen LogP contribution in [-0.4, -0.2) is 30.2 Å². The lowest BCUT2D eigenvalue weighted by molar-refractivity contribution is -0.118. The van der Waals surface area contributed by atoms with Crippen LogP contribution in [-0.2, 0) is 4.79 Å². The molecule has 0 aromatic rings. The smallest absolute Gasteiger partial charge is 0.216 e. The van der Waals surface area contributed by atoms with Crippen molar-refractivity contribution in [1.82, 2.24) is 5.32 Å². The molecule has 1 atom stereocenters. The molecule has 2 N–H and O–H groups in total. The van der Waals surface area contributed by atoms with Crippen LogP contribution in [0.5, 0.6) is 0 Å². The second kappa shape index (κ2) is 18.9. The van der Waals surface area contributed by atoms with Crippen molar-refractivity contribution >= 4 is 14.1 Å². The number of amides is 1. The van der Waals surface area contributed by atoms with E-state index < -0.39 is 8.15 Å². The van der Waals surface area contributed by atoms with E-state index in [2.05, 4.69) is 24.0 Å². The lowest BCUT2D eigenvalue weighted by Gasteiger charge is -2.05. The van der Waals surface area contributed by atoms with Gasteiger partial charge in [0.2, 0.25) is 5.91 Å². The summed E-state index contributed by atoms with van der Waals surface area (Å²) >= 11 is 0. The van der Waals surface area contributed by atoms with Crippen molar-refractivity contribution in [3.63, 3.8) is 0 Å². The number of allylic oxidation sites excluding steroid dienone is 5. The van der Waals surface area contributed by atoms with Crippen LogP contribution in [0.15, 0.2) is 36.5 Å². The third-order valence-corrected chi connectivity index (χ3v) is 5.27. The van der Waals surface area contributed by atoms with Gasteiger partial charge < -0.3 is 10.2 Å². The van der Waals surface area contributed by atoms with E-state index in [-0.39, 0.29) is 5.91 Å². The Labute approximate surface area is 162 Å². The third kappa shape index (κ3) is 19.4. The highest BCUT2D eigenvalue weighted by molar-refractivity contribution is 7.50. The second-order valence-electron chi connectivity index (χ2n) is 6.96. The molecule has 4 heteroatoms. The molecule has 3 nitrogen and oxygen atoms in total. The second-order valence-corrected chi connectivity index (χ2v) is 8.72. The first kappa shape index (κ1) is 25.1. The molecule has 1 unspecified atom stereocenters. The summed E-state index contributed by atoms with van der Waals surface area (Å²) in [6.45, 7) is 8.03. The minimum absolute atomic E-state index is 0.0546. The van der Waals surface area contributed by atoms with Gasteiger partial charge in [-0.3, -0.25) is 4.79 Å². The molecular weight excluding hydrogens is 341 g/mol. The number of unbranched alkanes of at least 4 members (excludes halogenated alkanes) is 8. The van der Waals surface area contributed by atoms with Crippen molar-refractivity contribution in [3.8, 4) is 0 Å². The number of carbonyl (C=O) groups excluding carboxylic acids is 1. The fraction of sp³-hybridized carbons (Fsp3) is 0.682. The molecular formula is C22H40NO2P. The van der Waals surface area contributed by atoms with Gasteiger partial charge in [0.15, 0.2) is 0 Å². The van der Waals surface area contributed by atoms with Crippen LogP contribution in [0.1, 0.15) is 77.6 Å². The zero-order valence-corrected chi connectivity index (χ0v) is 17.9. The first-order valence-electron chi connectivity index (χ1n) is 10.2. The lowest BCUT2D eigenvalue weighted by Crippen LogP contribution is -2.20. The van der Waals surface area contributed by atoms with E-state index in [1.807, 2.05) is 18.8 Å². The Balaban J connectivity index is 3.79. The molecule has 0 aliphatic heterocycles. The monoisotopic (exact) mass is 381 g/mol. The van der Waals surface area contributed by atoms with Crippen molar-refractivity contribution in [1.29, 1.82) is 0 Å². The molecule has 0 radical (unpaired) electrons. The molecule has 0 aliphatic carbocycles. The van der Waals surface area contributed by atoms with Gasteiger partial charge in [0, 0.05) is 21.6 Å². The maximum atomic E-state index is 10.8. The van der Waals surface area contributed by atoms with Gasteiger partial charge in [0.25, 0.3) is 0 Å². The van der Waals surface area contributed by atoms with Gasteiger partial charge in [-0.15, -0.1) is 0 Å². The van der Waals surface area contributed by atoms with Crippen LogP contribution in [0.4, 0.5) is 0 Å². The Morgan fingerprint density at radius 1 is 1.04 bits per heavy atom. The van der Waals surface area contributed by atoms with Gasteiger partial charge in [0.05, 0.1) is 0 Å². The van der Waals surface area contributed by atoms with E-state index >= 15 is 0 Å². The highest BCUT2D eigenvalue weighted by atomic mass is 31.1. The van der Waals surface area contributed by atoms with Gasteiger partial charge in [-0.2, -0.15) is 0 Å². The molecule has 1 amide bonds. The highest BCUT2D eigenvalue weighted by Crippen LogP contribution is 2.25. The molecule has 0 rings (SSSR count). The Hall–Kier alpha value is -0.920. The minimum Gasteiger partial charge on any atom is -0.374 e. The van der Waals surface area contributed by atoms with Crippen molar-refractivity contribution in [3.05, 3.63) is 36.5 Å². The number of carbonyl (C=O) groups is 1. The Morgan fingerprint density at radius 3 is 2.31 bits per heavy atom. The topological polar surface area (TPSA) is 49.3 Å². The van der Waals surface area contributed by atoms with Gasteiger partial charge >= 0.3 is 0 Å². The summed E-state index contributed by atoms with van der Waals surface area (Å²) in [5.74, 6) is 0.0546. The van der Waals surface area contributed by atoms with Crippen LogP contribution >= 0.6 is 8.15 Å². The zero-order valence-electron chi connectivity index (χ0n) is 17.0. The molecule has 0 spiro atoms. The summed E-state index contributed by atoms with van der Waals surface area (Å²) in [6.07, 6.45) is 22.6. The molecule has 0 aromatic carbocycles. The van der Waals surface area contributed by atoms with Crippen LogP contribution < -0.4 is 5.32 Å². The van der Waals surface area contributed by atoms with Crippen molar-refractivity contribution < 1.29 is 9.69 Å². The highest BCUT2D eigenvalue weighted by Gasteiger charge is 1.98. The SMILES string of the molecule is C=C/C=C\C(=C\CCCCNC(C)=O)CCCCCCCCCP(C)O. The van der Waals surface area contributed by atoms with Gasteiger partial charge in [0.1, 0.15) is 0 Å². The summed E-state index contributed by atoms with van der Waals surface area (Å²) < 4.78 is 0. The summed E-state index contributed by atoms with van der Waals surface area (Å²) in [5.41, 5.74) is 1.41. The molecule has 0 saturated carbocycles. The maximum absolute atomic E-state index is 10.8. The lowest BCUT2D eigenvalue weighted by atomic mass is 10.0. The molecule has 150 valence electrons. The standard InChI is InChI=1S/C22H40NO2P/c1-4-5-16-22(18-13-11-14-19-23-21(2)24)17-12-9-7-6-8-10-15-20-26(3)25/h4-5,16,18,25H,1,6-15,17,19-20H2,2-3H3,(H,23,24)/b16-5-,22-18-. The Morgan fingerprint density at radius 2 is 1.69 bits per heavy atom. The van der Waals surface area contributed by atoms with E-state index in [0.29, 0.717) is 0 Å². The molecule has 0 aromatic heterocycles. The van der Waals surface area contributed by atoms with Crippen molar-refractivity contribution in [2.45, 2.75) is 77.6 Å². The van der Waals surface area contributed by atoms with Crippen LogP contribution in [0, 0.1) is 0 Å². The van der Waals surface area contributed by atoms with Crippen LogP contribution in [0.2, 0.25) is 0 Å². The normalized spacial score (nSPS) is 13.1. The molecule has 0 heterocycles. The van der Waals surface area contributed by atoms with E-state index in [9.17, 15) is 9.69 Å². The largest absolute Gasteiger partial charge is 0.374 e. The number of hydrogen-bond donors (Lipinski definition) is 2. The summed E-state index contributed by atoms with van der Waals surface area (Å²) in [6, 6.07) is 0. The summed E-state index contributed by atoms with van der Waals surface area (Å²) in [5, 5.41) is 2.84. The predicted octanol–water partition coefficient (Wildman–Crippen LogP) is 6.10. The average Bonchev–Trinajstić information content (AvgIpc) is 2.59. The van der Waals surface area contributed by atoms with E-state index in [1.165, 1.54) is 50.5 Å². The van der Waals surface area contributed by atoms with Gasteiger partial charge in [-0.1, -0.05) is 68.6 Å². The zero-order chi connectivity index (χ0) is 19.5. The summed E-state index contributed by atoms with van der Waals surface area (Å²) in [7, 11) is -0.694. The predicted molar refractivity (Wildman–Crippen MR) is 117 cm³/mol. The number of nitrogens with one attached hydrogen (secondary N) is 1. The summed E-state index contributed by atoms with van der Waals surface area (Å²) in [4.78, 5) is 20.1. The van der Waals surface area contributed by atoms with E-state index in [4.69, 9.17) is 0 Å². The number of hydrogen-bond acceptors (Lipinski definition) is 2. The molecule has 0 bridgehead atoms.